The highest BCUT2D eigenvalue weighted by atomic mass is 35.5. The molecule has 1 heterocycles. The van der Waals surface area contributed by atoms with Gasteiger partial charge in [-0.25, -0.2) is 9.78 Å². The average Bonchev–Trinajstić information content (AvgIpc) is 2.33. The molecule has 0 atom stereocenters. The lowest BCUT2D eigenvalue weighted by molar-refractivity contribution is 0.0696. The van der Waals surface area contributed by atoms with Gasteiger partial charge in [-0.1, -0.05) is 30.3 Å². The number of aromatic nitrogens is 1. The normalized spacial score (nSPS) is 10.1. The van der Waals surface area contributed by atoms with Gasteiger partial charge in [0.15, 0.2) is 0 Å². The molecule has 4 heteroatoms. The fourth-order valence-corrected chi connectivity index (χ4v) is 1.36. The highest BCUT2D eigenvalue weighted by Gasteiger charge is 2.10. The Labute approximate surface area is 106 Å². The number of pyridine rings is 1. The van der Waals surface area contributed by atoms with E-state index in [1.165, 1.54) is 6.07 Å². The van der Waals surface area contributed by atoms with Crippen LogP contribution in [0.5, 0.6) is 0 Å². The average molecular weight is 252 g/mol. The van der Waals surface area contributed by atoms with Crippen molar-refractivity contribution in [2.45, 2.75) is 6.92 Å². The van der Waals surface area contributed by atoms with E-state index < -0.39 is 5.97 Å². The predicted molar refractivity (Wildman–Crippen MR) is 71.3 cm³/mol. The molecular weight excluding hydrogens is 238 g/mol. The van der Waals surface area contributed by atoms with E-state index >= 15 is 0 Å². The van der Waals surface area contributed by atoms with E-state index in [-0.39, 0.29) is 10.7 Å². The fourth-order valence-electron chi connectivity index (χ4n) is 1.12. The summed E-state index contributed by atoms with van der Waals surface area (Å²) in [5.74, 6) is -1.08. The monoisotopic (exact) mass is 251 g/mol. The van der Waals surface area contributed by atoms with Crippen molar-refractivity contribution in [3.05, 3.63) is 60.4 Å². The molecule has 1 aromatic heterocycles. The van der Waals surface area contributed by atoms with Gasteiger partial charge in [-0.3, -0.25) is 0 Å². The van der Waals surface area contributed by atoms with Gasteiger partial charge in [0, 0.05) is 0 Å². The van der Waals surface area contributed by atoms with Crippen molar-refractivity contribution in [1.29, 1.82) is 0 Å². The van der Waals surface area contributed by atoms with Crippen molar-refractivity contribution in [2.24, 2.45) is 0 Å². The van der Waals surface area contributed by atoms with E-state index in [0.29, 0.717) is 5.69 Å². The Balaban J connectivity index is 0.00000121. The van der Waals surface area contributed by atoms with E-state index in [9.17, 15) is 4.79 Å². The largest absolute Gasteiger partial charge is 0.478 e. The summed E-state index contributed by atoms with van der Waals surface area (Å²) in [6, 6.07) is 3.03. The molecule has 0 fully saturated rings. The summed E-state index contributed by atoms with van der Waals surface area (Å²) in [5, 5.41) is 8.74. The highest BCUT2D eigenvalue weighted by Crippen LogP contribution is 2.19. The molecule has 0 spiro atoms. The third-order valence-electron chi connectivity index (χ3n) is 1.91. The van der Waals surface area contributed by atoms with E-state index in [0.717, 1.165) is 5.57 Å². The van der Waals surface area contributed by atoms with Gasteiger partial charge in [0.25, 0.3) is 0 Å². The first-order valence-corrected chi connectivity index (χ1v) is 5.17. The topological polar surface area (TPSA) is 50.2 Å². The van der Waals surface area contributed by atoms with Crippen molar-refractivity contribution < 1.29 is 9.90 Å². The molecule has 0 aliphatic heterocycles. The third-order valence-corrected chi connectivity index (χ3v) is 2.19. The van der Waals surface area contributed by atoms with Gasteiger partial charge >= 0.3 is 5.97 Å². The van der Waals surface area contributed by atoms with Crippen LogP contribution in [0.4, 0.5) is 0 Å². The third kappa shape index (κ3) is 3.89. The van der Waals surface area contributed by atoms with Gasteiger partial charge in [-0.15, -0.1) is 13.2 Å². The Hall–Kier alpha value is -1.87. The van der Waals surface area contributed by atoms with E-state index in [2.05, 4.69) is 24.7 Å². The molecule has 0 aliphatic carbocycles. The molecular formula is C13H14ClNO2. The molecule has 0 saturated carbocycles. The lowest BCUT2D eigenvalue weighted by Crippen LogP contribution is -2.00. The highest BCUT2D eigenvalue weighted by molar-refractivity contribution is 6.32. The molecule has 17 heavy (non-hydrogen) atoms. The van der Waals surface area contributed by atoms with Gasteiger partial charge in [0.1, 0.15) is 5.15 Å². The second-order valence-electron chi connectivity index (χ2n) is 2.79. The van der Waals surface area contributed by atoms with Gasteiger partial charge in [0.05, 0.1) is 11.3 Å². The van der Waals surface area contributed by atoms with Gasteiger partial charge in [-0.05, 0) is 24.6 Å². The van der Waals surface area contributed by atoms with Crippen LogP contribution in [-0.4, -0.2) is 16.1 Å². The standard InChI is InChI=1S/C11H10ClNO2.C2H4/c1-3-7(4-2)9-6-5-8(11(14)15)10(12)13-9;1-2/h3-6H,1H2,2H3,(H,14,15);1-2H2/b7-4+;. The van der Waals surface area contributed by atoms with Crippen LogP contribution in [-0.2, 0) is 0 Å². The molecule has 3 nitrogen and oxygen atoms in total. The van der Waals surface area contributed by atoms with Gasteiger partial charge in [0.2, 0.25) is 0 Å². The lowest BCUT2D eigenvalue weighted by Gasteiger charge is -2.03. The first kappa shape index (κ1) is 15.1. The predicted octanol–water partition coefficient (Wildman–Crippen LogP) is 3.82. The number of hydrogen-bond donors (Lipinski definition) is 1. The number of hydrogen-bond acceptors (Lipinski definition) is 2. The molecule has 0 aliphatic rings. The first-order chi connectivity index (χ1) is 8.10. The fraction of sp³-hybridized carbons (Fsp3) is 0.0769. The maximum absolute atomic E-state index is 10.7. The van der Waals surface area contributed by atoms with Crippen molar-refractivity contribution in [2.75, 3.05) is 0 Å². The number of carboxylic acids is 1. The zero-order valence-electron chi connectivity index (χ0n) is 9.61. The van der Waals surface area contributed by atoms with Crippen LogP contribution in [0.2, 0.25) is 5.15 Å². The quantitative estimate of drug-likeness (QED) is 0.505. The Morgan fingerprint density at radius 3 is 2.41 bits per heavy atom. The summed E-state index contributed by atoms with van der Waals surface area (Å²) >= 11 is 5.73. The van der Waals surface area contributed by atoms with E-state index in [1.807, 2.05) is 13.0 Å². The van der Waals surface area contributed by atoms with Crippen molar-refractivity contribution in [1.82, 2.24) is 4.98 Å². The Bertz CT molecular complexity index is 453. The molecule has 1 N–H and O–H groups in total. The molecule has 0 radical (unpaired) electrons. The van der Waals surface area contributed by atoms with Crippen molar-refractivity contribution in [3.63, 3.8) is 0 Å². The summed E-state index contributed by atoms with van der Waals surface area (Å²) in [5.41, 5.74) is 1.43. The molecule has 90 valence electrons. The summed E-state index contributed by atoms with van der Waals surface area (Å²) in [6.45, 7) is 11.5. The Kier molecular flexibility index (Phi) is 6.60. The SMILES string of the molecule is C=C.C=C/C(=C\C)c1ccc(C(=O)O)c(Cl)n1. The number of rotatable bonds is 3. The van der Waals surface area contributed by atoms with Crippen LogP contribution in [0.25, 0.3) is 5.57 Å². The Morgan fingerprint density at radius 1 is 1.47 bits per heavy atom. The number of aromatic carboxylic acids is 1. The molecule has 0 bridgehead atoms. The summed E-state index contributed by atoms with van der Waals surface area (Å²) < 4.78 is 0. The minimum absolute atomic E-state index is 0.0000630. The van der Waals surface area contributed by atoms with E-state index in [4.69, 9.17) is 16.7 Å². The smallest absolute Gasteiger partial charge is 0.338 e. The van der Waals surface area contributed by atoms with Crippen molar-refractivity contribution >= 4 is 23.1 Å². The van der Waals surface area contributed by atoms with Crippen LogP contribution in [0, 0.1) is 0 Å². The second-order valence-corrected chi connectivity index (χ2v) is 3.15. The van der Waals surface area contributed by atoms with Crippen LogP contribution >= 0.6 is 11.6 Å². The number of carboxylic acid groups (broad SMARTS) is 1. The maximum atomic E-state index is 10.7. The van der Waals surface area contributed by atoms with Crippen LogP contribution in [0.1, 0.15) is 23.0 Å². The summed E-state index contributed by atoms with van der Waals surface area (Å²) in [4.78, 5) is 14.7. The summed E-state index contributed by atoms with van der Waals surface area (Å²) in [6.07, 6.45) is 3.46. The molecule has 0 amide bonds. The molecule has 1 rings (SSSR count). The van der Waals surface area contributed by atoms with Crippen LogP contribution in [0.3, 0.4) is 0 Å². The minimum Gasteiger partial charge on any atom is -0.478 e. The lowest BCUT2D eigenvalue weighted by atomic mass is 10.1. The molecule has 0 unspecified atom stereocenters. The molecule has 0 aromatic carbocycles. The van der Waals surface area contributed by atoms with Crippen LogP contribution in [0.15, 0.2) is 44.0 Å². The second kappa shape index (κ2) is 7.41. The number of carbonyl (C=O) groups is 1. The van der Waals surface area contributed by atoms with Crippen LogP contribution < -0.4 is 0 Å². The first-order valence-electron chi connectivity index (χ1n) is 4.79. The van der Waals surface area contributed by atoms with Crippen molar-refractivity contribution in [3.8, 4) is 0 Å². The number of allylic oxidation sites excluding steroid dienone is 3. The van der Waals surface area contributed by atoms with Gasteiger partial charge < -0.3 is 5.11 Å². The minimum atomic E-state index is -1.08. The maximum Gasteiger partial charge on any atom is 0.338 e. The molecule has 1 aromatic rings. The summed E-state index contributed by atoms with van der Waals surface area (Å²) in [7, 11) is 0. The zero-order valence-corrected chi connectivity index (χ0v) is 10.4. The number of nitrogens with zero attached hydrogens (tertiary/aromatic N) is 1. The number of halogens is 1. The molecule has 0 saturated heterocycles. The van der Waals surface area contributed by atoms with E-state index in [1.54, 1.807) is 12.1 Å². The zero-order chi connectivity index (χ0) is 13.4. The Morgan fingerprint density at radius 2 is 2.06 bits per heavy atom. The van der Waals surface area contributed by atoms with Gasteiger partial charge in [-0.2, -0.15) is 0 Å².